The van der Waals surface area contributed by atoms with E-state index in [4.69, 9.17) is 4.79 Å². The second kappa shape index (κ2) is 25.4. The van der Waals surface area contributed by atoms with Gasteiger partial charge in [-0.3, -0.25) is 0 Å². The van der Waals surface area contributed by atoms with Crippen molar-refractivity contribution in [2.45, 2.75) is 0 Å². The summed E-state index contributed by atoms with van der Waals surface area (Å²) in [6.07, 6.45) is 0. The van der Waals surface area contributed by atoms with Gasteiger partial charge in [-0.25, -0.2) is 0 Å². The Hall–Kier alpha value is 1.44. The van der Waals surface area contributed by atoms with Gasteiger partial charge in [0.2, 0.25) is 0 Å². The molecule has 0 fully saturated rings. The van der Waals surface area contributed by atoms with Crippen LogP contribution in [0.25, 0.3) is 0 Å². The predicted octanol–water partition coefficient (Wildman–Crippen LogP) is -2.55. The average Bonchev–Trinajstić information content (AvgIpc) is 1.00. The molecule has 0 aliphatic carbocycles. The zero-order valence-electron chi connectivity index (χ0n) is 2.53. The van der Waals surface area contributed by atoms with Gasteiger partial charge in [0.1, 0.15) is 6.79 Å². The van der Waals surface area contributed by atoms with E-state index in [-0.39, 0.29) is 52.4 Å². The van der Waals surface area contributed by atoms with Crippen molar-refractivity contribution in [3.63, 3.8) is 0 Å². The van der Waals surface area contributed by atoms with E-state index in [1.165, 1.54) is 0 Å². The van der Waals surface area contributed by atoms with Crippen LogP contribution in [0, 0.1) is 0 Å². The van der Waals surface area contributed by atoms with Crippen LogP contribution in [0.4, 0.5) is 0 Å². The molecule has 0 atom stereocenters. The quantitative estimate of drug-likeness (QED) is 0.369. The molecule has 0 aromatic heterocycles. The van der Waals surface area contributed by atoms with Crippen LogP contribution in [-0.2, 0) is 4.79 Å². The molecule has 0 spiro atoms. The molecule has 0 saturated carbocycles. The molecule has 0 unspecified atom stereocenters. The van der Waals surface area contributed by atoms with E-state index in [1.807, 2.05) is 6.79 Å². The number of carbonyl (C=O) groups is 1. The van der Waals surface area contributed by atoms with Gasteiger partial charge >= 0.3 is 52.4 Å². The van der Waals surface area contributed by atoms with E-state index in [0.29, 0.717) is 0 Å². The molecule has 0 aromatic rings. The molecule has 0 saturated heterocycles. The monoisotopic (exact) mass is 454 g/mol. The second-order valence-corrected chi connectivity index (χ2v) is 0. The topological polar surface area (TPSA) is 17.1 Å². The molecule has 0 aliphatic rings. The molecular weight excluding hydrogens is 446 g/mol. The number of rotatable bonds is 0. The minimum atomic E-state index is 0. The molecule has 0 rings (SSSR count). The fourth-order valence-corrected chi connectivity index (χ4v) is 0. The SMILES string of the molecule is C=O.[BiH3].[BiH3]. The average molecular weight is 454 g/mol. The van der Waals surface area contributed by atoms with Crippen LogP contribution in [0.2, 0.25) is 0 Å². The second-order valence-electron chi connectivity index (χ2n) is 0. The van der Waals surface area contributed by atoms with Crippen LogP contribution in [0.3, 0.4) is 0 Å². The van der Waals surface area contributed by atoms with Gasteiger partial charge in [0.05, 0.1) is 0 Å². The van der Waals surface area contributed by atoms with Crippen molar-refractivity contribution in [3.8, 4) is 0 Å². The van der Waals surface area contributed by atoms with E-state index in [9.17, 15) is 0 Å². The van der Waals surface area contributed by atoms with Gasteiger partial charge in [0.15, 0.2) is 0 Å². The number of hydrogen-bond acceptors (Lipinski definition) is 1. The van der Waals surface area contributed by atoms with E-state index in [0.717, 1.165) is 0 Å². The zero-order chi connectivity index (χ0) is 2.00. The fourth-order valence-electron chi connectivity index (χ4n) is 0. The Balaban J connectivity index is -0.00000000500. The van der Waals surface area contributed by atoms with E-state index in [2.05, 4.69) is 0 Å². The summed E-state index contributed by atoms with van der Waals surface area (Å²) < 4.78 is 0. The van der Waals surface area contributed by atoms with Gasteiger partial charge < -0.3 is 4.79 Å². The molecular formula is CH8Bi2O. The summed E-state index contributed by atoms with van der Waals surface area (Å²) in [7, 11) is 0. The van der Waals surface area contributed by atoms with Crippen molar-refractivity contribution in [2.24, 2.45) is 0 Å². The molecule has 0 amide bonds. The first kappa shape index (κ1) is 18.0. The number of hydrogen-bond donors (Lipinski definition) is 0. The molecule has 0 bridgehead atoms. The van der Waals surface area contributed by atoms with Crippen molar-refractivity contribution in [1.29, 1.82) is 0 Å². The Morgan fingerprint density at radius 1 is 1.00 bits per heavy atom. The van der Waals surface area contributed by atoms with Gasteiger partial charge in [-0.15, -0.1) is 0 Å². The Labute approximate surface area is 63.4 Å². The molecule has 3 heteroatoms. The molecule has 0 radical (unpaired) electrons. The standard InChI is InChI=1S/CH2O.2Bi.6H/c1-2;;;;;;;;/h1H2;;;;;;;;. The maximum absolute atomic E-state index is 8.00. The van der Waals surface area contributed by atoms with Crippen LogP contribution in [-0.4, -0.2) is 59.2 Å². The van der Waals surface area contributed by atoms with Crippen molar-refractivity contribution < 1.29 is 4.79 Å². The Morgan fingerprint density at radius 3 is 1.00 bits per heavy atom. The molecule has 4 heavy (non-hydrogen) atoms. The van der Waals surface area contributed by atoms with E-state index >= 15 is 0 Å². The van der Waals surface area contributed by atoms with Gasteiger partial charge in [-0.2, -0.15) is 0 Å². The van der Waals surface area contributed by atoms with Gasteiger partial charge in [0, 0.05) is 0 Å². The molecule has 0 aromatic carbocycles. The van der Waals surface area contributed by atoms with Crippen LogP contribution in [0.15, 0.2) is 0 Å². The molecule has 1 nitrogen and oxygen atoms in total. The third-order valence-electron chi connectivity index (χ3n) is 0. The third-order valence-corrected chi connectivity index (χ3v) is 0. The maximum atomic E-state index is 8.00. The molecule has 0 N–H and O–H groups in total. The first-order chi connectivity index (χ1) is 1.00. The Kier molecular flexibility index (Phi) is 114. The van der Waals surface area contributed by atoms with Crippen LogP contribution in [0.5, 0.6) is 0 Å². The summed E-state index contributed by atoms with van der Waals surface area (Å²) in [6.45, 7) is 2.00. The van der Waals surface area contributed by atoms with E-state index < -0.39 is 0 Å². The van der Waals surface area contributed by atoms with Crippen molar-refractivity contribution in [3.05, 3.63) is 0 Å². The first-order valence-corrected chi connectivity index (χ1v) is 0.289. The summed E-state index contributed by atoms with van der Waals surface area (Å²) in [6, 6.07) is 0. The van der Waals surface area contributed by atoms with Crippen LogP contribution in [0.1, 0.15) is 0 Å². The van der Waals surface area contributed by atoms with Crippen LogP contribution < -0.4 is 0 Å². The summed E-state index contributed by atoms with van der Waals surface area (Å²) in [4.78, 5) is 8.00. The van der Waals surface area contributed by atoms with Gasteiger partial charge in [0.25, 0.3) is 0 Å². The van der Waals surface area contributed by atoms with Gasteiger partial charge in [-0.1, -0.05) is 0 Å². The fraction of sp³-hybridized carbons (Fsp3) is 0. The van der Waals surface area contributed by atoms with Crippen molar-refractivity contribution in [1.82, 2.24) is 0 Å². The summed E-state index contributed by atoms with van der Waals surface area (Å²) in [5.41, 5.74) is 0. The van der Waals surface area contributed by atoms with Crippen LogP contribution >= 0.6 is 0 Å². The van der Waals surface area contributed by atoms with E-state index in [1.54, 1.807) is 0 Å². The predicted molar refractivity (Wildman–Crippen MR) is 27.0 cm³/mol. The summed E-state index contributed by atoms with van der Waals surface area (Å²) >= 11 is 0. The zero-order valence-corrected chi connectivity index (χ0v) is 13.5. The Bertz CT molecular complexity index is 6.00. The summed E-state index contributed by atoms with van der Waals surface area (Å²) in [5.74, 6) is 0. The molecule has 0 heterocycles. The normalized spacial score (nSPS) is 1.00. The third kappa shape index (κ3) is 9.89. The minimum absolute atomic E-state index is 0. The van der Waals surface area contributed by atoms with Crippen molar-refractivity contribution >= 4 is 59.2 Å². The number of carbonyl (C=O) groups excluding carboxylic acids is 1. The van der Waals surface area contributed by atoms with Crippen molar-refractivity contribution in [2.75, 3.05) is 0 Å². The summed E-state index contributed by atoms with van der Waals surface area (Å²) in [5, 5.41) is 0. The van der Waals surface area contributed by atoms with Gasteiger partial charge in [-0.05, 0) is 0 Å². The molecule has 0 aliphatic heterocycles. The molecule has 28 valence electrons. The first-order valence-electron chi connectivity index (χ1n) is 0.289. The Morgan fingerprint density at radius 2 is 1.00 bits per heavy atom.